The summed E-state index contributed by atoms with van der Waals surface area (Å²) in [5.41, 5.74) is 0.920. The van der Waals surface area contributed by atoms with Gasteiger partial charge in [0.2, 0.25) is 0 Å². The number of rotatable bonds is 1. The van der Waals surface area contributed by atoms with Crippen molar-refractivity contribution >= 4 is 11.3 Å². The van der Waals surface area contributed by atoms with Gasteiger partial charge >= 0.3 is 4.87 Å². The Bertz CT molecular complexity index is 415. The summed E-state index contributed by atoms with van der Waals surface area (Å²) in [7, 11) is 0. The van der Waals surface area contributed by atoms with Crippen molar-refractivity contribution in [3.63, 3.8) is 0 Å². The Morgan fingerprint density at radius 1 is 1.17 bits per heavy atom. The van der Waals surface area contributed by atoms with Gasteiger partial charge in [-0.2, -0.15) is 0 Å². The second-order valence-electron chi connectivity index (χ2n) is 2.37. The van der Waals surface area contributed by atoms with Gasteiger partial charge in [-0.25, -0.2) is 0 Å². The van der Waals surface area contributed by atoms with Gasteiger partial charge in [0.25, 0.3) is 0 Å². The quantitative estimate of drug-likeness (QED) is 0.652. The molecule has 0 saturated carbocycles. The van der Waals surface area contributed by atoms with E-state index in [1.165, 1.54) is 11.3 Å². The minimum Gasteiger partial charge on any atom is -0.275 e. The Morgan fingerprint density at radius 2 is 1.92 bits per heavy atom. The number of hydrogen-bond donors (Lipinski definition) is 0. The Balaban J connectivity index is 2.59. The predicted octanol–water partition coefficient (Wildman–Crippen LogP) is 1.90. The zero-order chi connectivity index (χ0) is 8.39. The normalized spacial score (nSPS) is 10.0. The Morgan fingerprint density at radius 3 is 2.50 bits per heavy atom. The number of aromatic nitrogens is 1. The Kier molecular flexibility index (Phi) is 1.80. The first-order chi connectivity index (χ1) is 5.88. The molecule has 1 aromatic carbocycles. The summed E-state index contributed by atoms with van der Waals surface area (Å²) >= 11 is 1.21. The molecule has 3 heteroatoms. The molecule has 0 spiro atoms. The topological polar surface area (TPSA) is 22.0 Å². The molecular formula is C9H7NOS. The molecule has 0 radical (unpaired) electrons. The molecule has 1 aromatic heterocycles. The lowest BCUT2D eigenvalue weighted by molar-refractivity contribution is 1.04. The SMILES string of the molecule is O=c1sccn1-c1ccccc1. The van der Waals surface area contributed by atoms with Gasteiger partial charge in [-0.15, -0.1) is 0 Å². The van der Waals surface area contributed by atoms with Crippen molar-refractivity contribution in [2.24, 2.45) is 0 Å². The summed E-state index contributed by atoms with van der Waals surface area (Å²) in [5.74, 6) is 0. The molecule has 12 heavy (non-hydrogen) atoms. The van der Waals surface area contributed by atoms with Crippen LogP contribution >= 0.6 is 11.3 Å². The van der Waals surface area contributed by atoms with E-state index >= 15 is 0 Å². The summed E-state index contributed by atoms with van der Waals surface area (Å²) in [6.45, 7) is 0. The fourth-order valence-corrected chi connectivity index (χ4v) is 1.63. The summed E-state index contributed by atoms with van der Waals surface area (Å²) in [6.07, 6.45) is 1.78. The third-order valence-corrected chi connectivity index (χ3v) is 2.27. The molecule has 0 aliphatic heterocycles. The van der Waals surface area contributed by atoms with Crippen LogP contribution in [-0.4, -0.2) is 4.57 Å². The summed E-state index contributed by atoms with van der Waals surface area (Å²) in [4.78, 5) is 11.3. The second kappa shape index (κ2) is 2.95. The molecule has 0 bridgehead atoms. The highest BCUT2D eigenvalue weighted by Gasteiger charge is 1.96. The van der Waals surface area contributed by atoms with Crippen molar-refractivity contribution in [2.45, 2.75) is 0 Å². The minimum absolute atomic E-state index is 0.0567. The van der Waals surface area contributed by atoms with E-state index in [9.17, 15) is 4.79 Å². The second-order valence-corrected chi connectivity index (χ2v) is 3.23. The number of benzene rings is 1. The summed E-state index contributed by atoms with van der Waals surface area (Å²) in [5, 5.41) is 1.79. The van der Waals surface area contributed by atoms with E-state index in [0.717, 1.165) is 5.69 Å². The monoisotopic (exact) mass is 177 g/mol. The third-order valence-electron chi connectivity index (χ3n) is 1.61. The molecule has 60 valence electrons. The van der Waals surface area contributed by atoms with Crippen LogP contribution in [0, 0.1) is 0 Å². The standard InChI is InChI=1S/C9H7NOS/c11-9-10(6-7-12-9)8-4-2-1-3-5-8/h1-7H. The molecule has 0 unspecified atom stereocenters. The maximum Gasteiger partial charge on any atom is 0.311 e. The Labute approximate surface area is 73.7 Å². The van der Waals surface area contributed by atoms with Crippen LogP contribution in [0.25, 0.3) is 5.69 Å². The van der Waals surface area contributed by atoms with Gasteiger partial charge in [0.05, 0.1) is 0 Å². The van der Waals surface area contributed by atoms with E-state index in [1.54, 1.807) is 16.1 Å². The highest BCUT2D eigenvalue weighted by molar-refractivity contribution is 7.07. The fraction of sp³-hybridized carbons (Fsp3) is 0. The molecule has 0 fully saturated rings. The van der Waals surface area contributed by atoms with Crippen LogP contribution in [0.4, 0.5) is 0 Å². The van der Waals surface area contributed by atoms with E-state index in [2.05, 4.69) is 0 Å². The van der Waals surface area contributed by atoms with E-state index in [-0.39, 0.29) is 4.87 Å². The van der Waals surface area contributed by atoms with Crippen molar-refractivity contribution in [3.8, 4) is 5.69 Å². The lowest BCUT2D eigenvalue weighted by atomic mass is 10.3. The molecule has 0 aliphatic carbocycles. The molecule has 2 aromatic rings. The van der Waals surface area contributed by atoms with Crippen LogP contribution < -0.4 is 4.87 Å². The van der Waals surface area contributed by atoms with Gasteiger partial charge in [0, 0.05) is 17.3 Å². The van der Waals surface area contributed by atoms with Crippen molar-refractivity contribution in [2.75, 3.05) is 0 Å². The third kappa shape index (κ3) is 1.19. The highest BCUT2D eigenvalue weighted by Crippen LogP contribution is 2.04. The average Bonchev–Trinajstić information content (AvgIpc) is 2.53. The van der Waals surface area contributed by atoms with Crippen LogP contribution in [-0.2, 0) is 0 Å². The van der Waals surface area contributed by atoms with Crippen LogP contribution in [0.2, 0.25) is 0 Å². The molecule has 0 N–H and O–H groups in total. The maximum atomic E-state index is 11.2. The lowest BCUT2D eigenvalue weighted by Crippen LogP contribution is -2.08. The molecule has 0 amide bonds. The first-order valence-corrected chi connectivity index (χ1v) is 4.47. The van der Waals surface area contributed by atoms with Crippen molar-refractivity contribution < 1.29 is 0 Å². The largest absolute Gasteiger partial charge is 0.311 e. The first-order valence-electron chi connectivity index (χ1n) is 3.59. The number of hydrogen-bond acceptors (Lipinski definition) is 2. The number of para-hydroxylation sites is 1. The fourth-order valence-electron chi connectivity index (χ4n) is 1.05. The molecule has 2 rings (SSSR count). The molecule has 1 heterocycles. The van der Waals surface area contributed by atoms with Gasteiger partial charge in [0.15, 0.2) is 0 Å². The van der Waals surface area contributed by atoms with Gasteiger partial charge < -0.3 is 0 Å². The first kappa shape index (κ1) is 7.31. The van der Waals surface area contributed by atoms with Crippen molar-refractivity contribution in [1.29, 1.82) is 0 Å². The van der Waals surface area contributed by atoms with Gasteiger partial charge in [-0.3, -0.25) is 9.36 Å². The van der Waals surface area contributed by atoms with E-state index < -0.39 is 0 Å². The predicted molar refractivity (Wildman–Crippen MR) is 49.9 cm³/mol. The lowest BCUT2D eigenvalue weighted by Gasteiger charge is -1.97. The van der Waals surface area contributed by atoms with Gasteiger partial charge in [0.1, 0.15) is 0 Å². The number of nitrogens with zero attached hydrogens (tertiary/aromatic N) is 1. The maximum absolute atomic E-state index is 11.2. The highest BCUT2D eigenvalue weighted by atomic mass is 32.1. The molecule has 0 atom stereocenters. The molecule has 2 nitrogen and oxygen atoms in total. The molecular weight excluding hydrogens is 170 g/mol. The molecule has 0 saturated heterocycles. The van der Waals surface area contributed by atoms with Crippen molar-refractivity contribution in [3.05, 3.63) is 51.6 Å². The zero-order valence-corrected chi connectivity index (χ0v) is 7.12. The zero-order valence-electron chi connectivity index (χ0n) is 6.31. The molecule has 0 aliphatic rings. The summed E-state index contributed by atoms with van der Waals surface area (Å²) < 4.78 is 1.63. The van der Waals surface area contributed by atoms with Crippen molar-refractivity contribution in [1.82, 2.24) is 4.57 Å². The van der Waals surface area contributed by atoms with Crippen LogP contribution in [0.5, 0.6) is 0 Å². The van der Waals surface area contributed by atoms with Crippen LogP contribution in [0.15, 0.2) is 46.7 Å². The van der Waals surface area contributed by atoms with Crippen LogP contribution in [0.3, 0.4) is 0 Å². The van der Waals surface area contributed by atoms with E-state index in [4.69, 9.17) is 0 Å². The van der Waals surface area contributed by atoms with Gasteiger partial charge in [-0.05, 0) is 12.1 Å². The summed E-state index contributed by atoms with van der Waals surface area (Å²) in [6, 6.07) is 9.59. The average molecular weight is 177 g/mol. The Hall–Kier alpha value is -1.35. The van der Waals surface area contributed by atoms with E-state index in [1.807, 2.05) is 30.3 Å². The van der Waals surface area contributed by atoms with E-state index in [0.29, 0.717) is 0 Å². The minimum atomic E-state index is 0.0567. The van der Waals surface area contributed by atoms with Gasteiger partial charge in [-0.1, -0.05) is 29.5 Å². The van der Waals surface area contributed by atoms with Crippen LogP contribution in [0.1, 0.15) is 0 Å². The number of thiazole rings is 1. The smallest absolute Gasteiger partial charge is 0.275 e.